The third-order valence-electron chi connectivity index (χ3n) is 2.75. The largest absolute Gasteiger partial charge is 0.478 e. The zero-order valence-electron chi connectivity index (χ0n) is 11.1. The molecule has 0 atom stereocenters. The van der Waals surface area contributed by atoms with Crippen molar-refractivity contribution in [2.75, 3.05) is 0 Å². The molecule has 0 aromatic heterocycles. The van der Waals surface area contributed by atoms with Crippen LogP contribution in [0.3, 0.4) is 0 Å². The summed E-state index contributed by atoms with van der Waals surface area (Å²) in [5, 5.41) is 8.50. The van der Waals surface area contributed by atoms with Gasteiger partial charge in [0.05, 0.1) is 0 Å². The number of carboxylic acids is 1. The van der Waals surface area contributed by atoms with Crippen molar-refractivity contribution in [3.8, 4) is 11.5 Å². The van der Waals surface area contributed by atoms with Gasteiger partial charge in [-0.15, -0.1) is 0 Å². The molecule has 2 rings (SSSR count). The lowest BCUT2D eigenvalue weighted by Crippen LogP contribution is -1.91. The molecule has 0 bridgehead atoms. The Hall–Kier alpha value is -2.69. The minimum atomic E-state index is -1.12. The first-order valence-electron chi connectivity index (χ1n) is 6.10. The summed E-state index contributed by atoms with van der Waals surface area (Å²) in [6.07, 6.45) is 2.17. The maximum absolute atomic E-state index is 13.8. The zero-order valence-corrected chi connectivity index (χ0v) is 11.1. The number of rotatable bonds is 4. The van der Waals surface area contributed by atoms with Gasteiger partial charge in [0.1, 0.15) is 11.6 Å². The van der Waals surface area contributed by atoms with Crippen molar-refractivity contribution in [1.29, 1.82) is 0 Å². The van der Waals surface area contributed by atoms with Crippen LogP contribution in [0.15, 0.2) is 42.5 Å². The fourth-order valence-electron chi connectivity index (χ4n) is 1.64. The predicted molar refractivity (Wildman–Crippen MR) is 74.3 cm³/mol. The van der Waals surface area contributed by atoms with Gasteiger partial charge in [0, 0.05) is 12.1 Å². The normalized spacial score (nSPS) is 10.8. The average molecular weight is 290 g/mol. The molecule has 0 fully saturated rings. The summed E-state index contributed by atoms with van der Waals surface area (Å²) in [4.78, 5) is 10.4. The topological polar surface area (TPSA) is 46.5 Å². The Balaban J connectivity index is 2.21. The van der Waals surface area contributed by atoms with E-state index in [1.165, 1.54) is 36.4 Å². The molecular formula is C16H12F2O3. The highest BCUT2D eigenvalue weighted by Crippen LogP contribution is 2.26. The number of ether oxygens (including phenoxy) is 1. The van der Waals surface area contributed by atoms with Crippen molar-refractivity contribution in [1.82, 2.24) is 0 Å². The lowest BCUT2D eigenvalue weighted by molar-refractivity contribution is -0.131. The molecule has 0 heterocycles. The molecule has 0 amide bonds. The van der Waals surface area contributed by atoms with E-state index >= 15 is 0 Å². The number of carbonyl (C=O) groups is 1. The number of carboxylic acid groups (broad SMARTS) is 1. The third-order valence-corrected chi connectivity index (χ3v) is 2.75. The summed E-state index contributed by atoms with van der Waals surface area (Å²) < 4.78 is 32.5. The first kappa shape index (κ1) is 14.7. The van der Waals surface area contributed by atoms with E-state index in [-0.39, 0.29) is 11.5 Å². The smallest absolute Gasteiger partial charge is 0.328 e. The van der Waals surface area contributed by atoms with Crippen LogP contribution in [-0.2, 0) is 4.79 Å². The first-order chi connectivity index (χ1) is 9.95. The Kier molecular flexibility index (Phi) is 4.33. The number of hydrogen-bond acceptors (Lipinski definition) is 2. The molecule has 0 aliphatic heterocycles. The Bertz CT molecular complexity index is 709. The van der Waals surface area contributed by atoms with Crippen molar-refractivity contribution in [2.45, 2.75) is 6.92 Å². The summed E-state index contributed by atoms with van der Waals surface area (Å²) >= 11 is 0. The molecule has 0 radical (unpaired) electrons. The summed E-state index contributed by atoms with van der Waals surface area (Å²) in [5.74, 6) is -2.10. The van der Waals surface area contributed by atoms with E-state index in [0.29, 0.717) is 11.1 Å². The fourth-order valence-corrected chi connectivity index (χ4v) is 1.64. The Labute approximate surface area is 120 Å². The molecule has 0 spiro atoms. The van der Waals surface area contributed by atoms with Gasteiger partial charge < -0.3 is 9.84 Å². The van der Waals surface area contributed by atoms with Gasteiger partial charge in [-0.3, -0.25) is 0 Å². The van der Waals surface area contributed by atoms with Crippen LogP contribution in [0.2, 0.25) is 0 Å². The molecule has 0 aliphatic carbocycles. The van der Waals surface area contributed by atoms with Gasteiger partial charge in [0.15, 0.2) is 11.6 Å². The van der Waals surface area contributed by atoms with E-state index in [1.807, 2.05) is 0 Å². The number of hydrogen-bond donors (Lipinski definition) is 1. The monoisotopic (exact) mass is 290 g/mol. The lowest BCUT2D eigenvalue weighted by atomic mass is 10.2. The van der Waals surface area contributed by atoms with E-state index in [9.17, 15) is 13.6 Å². The van der Waals surface area contributed by atoms with E-state index in [0.717, 1.165) is 12.1 Å². The number of aryl methyl sites for hydroxylation is 1. The minimum absolute atomic E-state index is 0.0641. The second kappa shape index (κ2) is 6.17. The van der Waals surface area contributed by atoms with Crippen molar-refractivity contribution in [3.05, 3.63) is 65.2 Å². The molecule has 2 aromatic carbocycles. The molecule has 21 heavy (non-hydrogen) atoms. The van der Waals surface area contributed by atoms with E-state index in [1.54, 1.807) is 6.92 Å². The number of benzene rings is 2. The van der Waals surface area contributed by atoms with Crippen LogP contribution in [0.5, 0.6) is 11.5 Å². The van der Waals surface area contributed by atoms with E-state index in [4.69, 9.17) is 9.84 Å². The molecule has 5 heteroatoms. The molecule has 0 unspecified atom stereocenters. The van der Waals surface area contributed by atoms with E-state index in [2.05, 4.69) is 0 Å². The maximum Gasteiger partial charge on any atom is 0.328 e. The van der Waals surface area contributed by atoms with Gasteiger partial charge in [-0.2, -0.15) is 0 Å². The minimum Gasteiger partial charge on any atom is -0.478 e. The number of aliphatic carboxylic acids is 1. The van der Waals surface area contributed by atoms with E-state index < -0.39 is 17.6 Å². The molecule has 0 aliphatic rings. The molecule has 0 saturated carbocycles. The quantitative estimate of drug-likeness (QED) is 0.860. The third kappa shape index (κ3) is 3.89. The van der Waals surface area contributed by atoms with Crippen LogP contribution >= 0.6 is 0 Å². The highest BCUT2D eigenvalue weighted by atomic mass is 19.1. The van der Waals surface area contributed by atoms with Crippen LogP contribution in [0.4, 0.5) is 8.78 Å². The van der Waals surface area contributed by atoms with Crippen LogP contribution in [-0.4, -0.2) is 11.1 Å². The molecule has 0 saturated heterocycles. The van der Waals surface area contributed by atoms with Crippen LogP contribution in [0.1, 0.15) is 11.1 Å². The van der Waals surface area contributed by atoms with Crippen LogP contribution in [0.25, 0.3) is 6.08 Å². The molecule has 2 aromatic rings. The second-order valence-electron chi connectivity index (χ2n) is 4.37. The molecular weight excluding hydrogens is 278 g/mol. The van der Waals surface area contributed by atoms with Crippen molar-refractivity contribution < 1.29 is 23.4 Å². The SMILES string of the molecule is Cc1ccc(Oc2ccc(/C=C/C(=O)O)cc2F)cc1F. The summed E-state index contributed by atoms with van der Waals surface area (Å²) in [7, 11) is 0. The predicted octanol–water partition coefficient (Wildman–Crippen LogP) is 4.16. The molecule has 1 N–H and O–H groups in total. The maximum atomic E-state index is 13.8. The van der Waals surface area contributed by atoms with Crippen molar-refractivity contribution in [2.24, 2.45) is 0 Å². The average Bonchev–Trinajstić information content (AvgIpc) is 2.43. The number of halogens is 2. The van der Waals surface area contributed by atoms with Crippen molar-refractivity contribution in [3.63, 3.8) is 0 Å². The zero-order chi connectivity index (χ0) is 15.4. The molecule has 108 valence electrons. The van der Waals surface area contributed by atoms with Gasteiger partial charge in [-0.25, -0.2) is 13.6 Å². The molecule has 3 nitrogen and oxygen atoms in total. The van der Waals surface area contributed by atoms with Gasteiger partial charge in [0.25, 0.3) is 0 Å². The fraction of sp³-hybridized carbons (Fsp3) is 0.0625. The highest BCUT2D eigenvalue weighted by molar-refractivity contribution is 5.85. The van der Waals surface area contributed by atoms with Crippen LogP contribution < -0.4 is 4.74 Å². The summed E-state index contributed by atoms with van der Waals surface area (Å²) in [6, 6.07) is 8.24. The lowest BCUT2D eigenvalue weighted by Gasteiger charge is -2.08. The van der Waals surface area contributed by atoms with Gasteiger partial charge in [-0.1, -0.05) is 12.1 Å². The Morgan fingerprint density at radius 3 is 2.52 bits per heavy atom. The Morgan fingerprint density at radius 2 is 1.90 bits per heavy atom. The van der Waals surface area contributed by atoms with Crippen molar-refractivity contribution >= 4 is 12.0 Å². The first-order valence-corrected chi connectivity index (χ1v) is 6.10. The standard InChI is InChI=1S/C16H12F2O3/c1-10-2-5-12(9-13(10)17)21-15-6-3-11(8-14(15)18)4-7-16(19)20/h2-9H,1H3,(H,19,20)/b7-4+. The highest BCUT2D eigenvalue weighted by Gasteiger charge is 2.07. The second-order valence-corrected chi connectivity index (χ2v) is 4.37. The van der Waals surface area contributed by atoms with Crippen LogP contribution in [0, 0.1) is 18.6 Å². The Morgan fingerprint density at radius 1 is 1.14 bits per heavy atom. The van der Waals surface area contributed by atoms with Gasteiger partial charge in [0.2, 0.25) is 0 Å². The summed E-state index contributed by atoms with van der Waals surface area (Å²) in [5.41, 5.74) is 0.856. The summed E-state index contributed by atoms with van der Waals surface area (Å²) in [6.45, 7) is 1.61. The van der Waals surface area contributed by atoms with Gasteiger partial charge in [-0.05, 0) is 42.3 Å². The van der Waals surface area contributed by atoms with Gasteiger partial charge >= 0.3 is 5.97 Å².